The van der Waals surface area contributed by atoms with Gasteiger partial charge in [-0.05, 0) is 63.3 Å². The zero-order chi connectivity index (χ0) is 20.4. The van der Waals surface area contributed by atoms with Crippen LogP contribution >= 0.6 is 11.3 Å². The Labute approximate surface area is 169 Å². The third kappa shape index (κ3) is 4.10. The maximum Gasteiger partial charge on any atom is 0.269 e. The van der Waals surface area contributed by atoms with Crippen LogP contribution in [-0.4, -0.2) is 45.8 Å². The summed E-state index contributed by atoms with van der Waals surface area (Å²) in [5, 5.41) is 13.0. The smallest absolute Gasteiger partial charge is 0.269 e. The molecule has 0 fully saturated rings. The number of nitro benzene ring substituents is 1. The number of rotatable bonds is 6. The van der Waals surface area contributed by atoms with Gasteiger partial charge in [-0.3, -0.25) is 19.8 Å². The van der Waals surface area contributed by atoms with E-state index in [1.165, 1.54) is 22.6 Å². The van der Waals surface area contributed by atoms with E-state index in [1.807, 2.05) is 30.1 Å². The number of amides is 1. The highest BCUT2D eigenvalue weighted by molar-refractivity contribution is 7.10. The van der Waals surface area contributed by atoms with Gasteiger partial charge in [-0.1, -0.05) is 0 Å². The van der Waals surface area contributed by atoms with Gasteiger partial charge < -0.3 is 4.90 Å². The second-order valence-electron chi connectivity index (χ2n) is 7.67. The van der Waals surface area contributed by atoms with E-state index in [1.54, 1.807) is 12.1 Å². The van der Waals surface area contributed by atoms with Crippen molar-refractivity contribution in [2.24, 2.45) is 0 Å². The monoisotopic (exact) mass is 401 g/mol. The summed E-state index contributed by atoms with van der Waals surface area (Å²) in [5.74, 6) is -0.0842. The molecule has 1 aliphatic heterocycles. The second-order valence-corrected chi connectivity index (χ2v) is 8.62. The molecule has 1 aromatic carbocycles. The molecule has 0 radical (unpaired) electrons. The van der Waals surface area contributed by atoms with E-state index in [9.17, 15) is 14.9 Å². The molecule has 1 aromatic heterocycles. The molecule has 2 atom stereocenters. The standard InChI is InChI=1S/C21H27N3O3S/c1-14(2)22(21(25)17-5-7-19(8-6-17)24(26)27)10-11-23-15(3)13-18-9-12-28-20(18)16(23)4/h5-9,12,14-16H,10-11,13H2,1-4H3/t15-,16+/m1/s1. The lowest BCUT2D eigenvalue weighted by molar-refractivity contribution is -0.384. The minimum absolute atomic E-state index is 0.00429. The first kappa shape index (κ1) is 20.5. The lowest BCUT2D eigenvalue weighted by Crippen LogP contribution is -2.47. The van der Waals surface area contributed by atoms with Crippen molar-refractivity contribution in [2.45, 2.75) is 52.2 Å². The van der Waals surface area contributed by atoms with Crippen LogP contribution in [0.4, 0.5) is 5.69 Å². The molecule has 2 heterocycles. The van der Waals surface area contributed by atoms with Gasteiger partial charge in [0.05, 0.1) is 4.92 Å². The van der Waals surface area contributed by atoms with Crippen molar-refractivity contribution in [3.63, 3.8) is 0 Å². The van der Waals surface area contributed by atoms with Crippen LogP contribution in [0.15, 0.2) is 35.7 Å². The number of hydrogen-bond acceptors (Lipinski definition) is 5. The molecule has 0 saturated carbocycles. The van der Waals surface area contributed by atoms with Crippen LogP contribution in [0.25, 0.3) is 0 Å². The predicted molar refractivity (Wildman–Crippen MR) is 112 cm³/mol. The second kappa shape index (κ2) is 8.41. The SMILES string of the molecule is CC(C)N(CCN1[C@H](C)Cc2ccsc2[C@@H]1C)C(=O)c1ccc([N+](=O)[O-])cc1. The number of carbonyl (C=O) groups excluding carboxylic acids is 1. The Morgan fingerprint density at radius 2 is 1.96 bits per heavy atom. The summed E-state index contributed by atoms with van der Waals surface area (Å²) in [4.78, 5) is 29.1. The van der Waals surface area contributed by atoms with Crippen LogP contribution in [0.1, 0.15) is 54.5 Å². The Balaban J connectivity index is 1.71. The highest BCUT2D eigenvalue weighted by Gasteiger charge is 2.31. The number of carbonyl (C=O) groups is 1. The molecular weight excluding hydrogens is 374 g/mol. The number of nitro groups is 1. The van der Waals surface area contributed by atoms with E-state index >= 15 is 0 Å². The average molecular weight is 402 g/mol. The van der Waals surface area contributed by atoms with Crippen molar-refractivity contribution in [1.82, 2.24) is 9.80 Å². The van der Waals surface area contributed by atoms with Gasteiger partial charge in [0, 0.05) is 53.8 Å². The first-order valence-electron chi connectivity index (χ1n) is 9.67. The van der Waals surface area contributed by atoms with Gasteiger partial charge >= 0.3 is 0 Å². The number of non-ortho nitro benzene ring substituents is 1. The van der Waals surface area contributed by atoms with Gasteiger partial charge in [-0.2, -0.15) is 0 Å². The molecule has 6 nitrogen and oxygen atoms in total. The van der Waals surface area contributed by atoms with Gasteiger partial charge in [0.25, 0.3) is 11.6 Å². The van der Waals surface area contributed by atoms with Crippen LogP contribution in [-0.2, 0) is 6.42 Å². The van der Waals surface area contributed by atoms with Crippen LogP contribution in [0, 0.1) is 10.1 Å². The van der Waals surface area contributed by atoms with Crippen molar-refractivity contribution < 1.29 is 9.72 Å². The van der Waals surface area contributed by atoms with E-state index < -0.39 is 4.92 Å². The van der Waals surface area contributed by atoms with Gasteiger partial charge in [0.1, 0.15) is 0 Å². The van der Waals surface area contributed by atoms with Gasteiger partial charge in [-0.25, -0.2) is 0 Å². The predicted octanol–water partition coefficient (Wildman–Crippen LogP) is 4.51. The summed E-state index contributed by atoms with van der Waals surface area (Å²) in [7, 11) is 0. The Kier molecular flexibility index (Phi) is 6.15. The van der Waals surface area contributed by atoms with Crippen molar-refractivity contribution in [1.29, 1.82) is 0 Å². The van der Waals surface area contributed by atoms with Gasteiger partial charge in [0.2, 0.25) is 0 Å². The molecule has 28 heavy (non-hydrogen) atoms. The molecule has 0 bridgehead atoms. The summed E-state index contributed by atoms with van der Waals surface area (Å²) in [5.41, 5.74) is 1.93. The molecule has 1 amide bonds. The largest absolute Gasteiger partial charge is 0.335 e. The molecule has 0 N–H and O–H groups in total. The van der Waals surface area contributed by atoms with E-state index in [4.69, 9.17) is 0 Å². The fraction of sp³-hybridized carbons (Fsp3) is 0.476. The number of hydrogen-bond donors (Lipinski definition) is 0. The molecule has 3 rings (SSSR count). The molecule has 1 aliphatic rings. The minimum Gasteiger partial charge on any atom is -0.335 e. The Morgan fingerprint density at radius 3 is 2.57 bits per heavy atom. The van der Waals surface area contributed by atoms with E-state index in [0.29, 0.717) is 24.2 Å². The summed E-state index contributed by atoms with van der Waals surface area (Å²) >= 11 is 1.81. The third-order valence-corrected chi connectivity index (χ3v) is 6.68. The molecule has 0 aliphatic carbocycles. The van der Waals surface area contributed by atoms with E-state index in [2.05, 4.69) is 30.2 Å². The van der Waals surface area contributed by atoms with Crippen molar-refractivity contribution in [3.8, 4) is 0 Å². The van der Waals surface area contributed by atoms with Gasteiger partial charge in [-0.15, -0.1) is 11.3 Å². The minimum atomic E-state index is -0.452. The number of thiophene rings is 1. The quantitative estimate of drug-likeness (QED) is 0.527. The highest BCUT2D eigenvalue weighted by atomic mass is 32.1. The molecule has 2 aromatic rings. The third-order valence-electron chi connectivity index (χ3n) is 5.55. The zero-order valence-corrected chi connectivity index (χ0v) is 17.6. The first-order valence-corrected chi connectivity index (χ1v) is 10.5. The summed E-state index contributed by atoms with van der Waals surface area (Å²) in [6.07, 6.45) is 1.04. The van der Waals surface area contributed by atoms with Crippen molar-refractivity contribution in [3.05, 3.63) is 61.8 Å². The Morgan fingerprint density at radius 1 is 1.29 bits per heavy atom. The van der Waals surface area contributed by atoms with E-state index in [-0.39, 0.29) is 17.6 Å². The Hall–Kier alpha value is -2.25. The molecule has 0 spiro atoms. The van der Waals surface area contributed by atoms with Gasteiger partial charge in [0.15, 0.2) is 0 Å². The maximum absolute atomic E-state index is 13.0. The van der Waals surface area contributed by atoms with E-state index in [0.717, 1.165) is 13.0 Å². The zero-order valence-electron chi connectivity index (χ0n) is 16.8. The number of benzene rings is 1. The fourth-order valence-electron chi connectivity index (χ4n) is 3.97. The highest BCUT2D eigenvalue weighted by Crippen LogP contribution is 2.36. The maximum atomic E-state index is 13.0. The average Bonchev–Trinajstić information content (AvgIpc) is 3.12. The molecule has 0 unspecified atom stereocenters. The summed E-state index contributed by atoms with van der Waals surface area (Å²) in [6, 6.07) is 8.92. The lowest BCUT2D eigenvalue weighted by atomic mass is 9.96. The number of fused-ring (bicyclic) bond motifs is 1. The summed E-state index contributed by atoms with van der Waals surface area (Å²) in [6.45, 7) is 9.92. The lowest BCUT2D eigenvalue weighted by Gasteiger charge is -2.40. The topological polar surface area (TPSA) is 66.7 Å². The van der Waals surface area contributed by atoms with Crippen molar-refractivity contribution >= 4 is 22.9 Å². The van der Waals surface area contributed by atoms with Crippen LogP contribution in [0.5, 0.6) is 0 Å². The molecule has 7 heteroatoms. The van der Waals surface area contributed by atoms with Crippen LogP contribution < -0.4 is 0 Å². The normalized spacial score (nSPS) is 19.5. The molecular formula is C21H27N3O3S. The fourth-order valence-corrected chi connectivity index (χ4v) is 4.99. The molecule has 150 valence electrons. The van der Waals surface area contributed by atoms with Crippen LogP contribution in [0.2, 0.25) is 0 Å². The first-order chi connectivity index (χ1) is 13.3. The van der Waals surface area contributed by atoms with Crippen LogP contribution in [0.3, 0.4) is 0 Å². The summed E-state index contributed by atoms with van der Waals surface area (Å²) < 4.78 is 0. The number of nitrogens with zero attached hydrogens (tertiary/aromatic N) is 3. The Bertz CT molecular complexity index is 847. The molecule has 0 saturated heterocycles. The van der Waals surface area contributed by atoms with Crippen molar-refractivity contribution in [2.75, 3.05) is 13.1 Å².